The first-order chi connectivity index (χ1) is 12.8. The molecule has 1 N–H and O–H groups in total. The molecule has 158 valence electrons. The Morgan fingerprint density at radius 2 is 1.67 bits per heavy atom. The number of carbonyl (C=O) groups is 2. The summed E-state index contributed by atoms with van der Waals surface area (Å²) in [5.41, 5.74) is 1.06. The maximum absolute atomic E-state index is 11.0. The lowest BCUT2D eigenvalue weighted by Gasteiger charge is -2.05. The van der Waals surface area contributed by atoms with E-state index >= 15 is 0 Å². The maximum Gasteiger partial charge on any atom is 0.333 e. The van der Waals surface area contributed by atoms with Crippen molar-refractivity contribution < 1.29 is 19.4 Å². The highest BCUT2D eigenvalue weighted by Crippen LogP contribution is 2.11. The Hall–Kier alpha value is -1.58. The van der Waals surface area contributed by atoms with Gasteiger partial charge in [0.05, 0.1) is 6.61 Å². The van der Waals surface area contributed by atoms with E-state index in [9.17, 15) is 9.59 Å². The Morgan fingerprint density at radius 1 is 1.04 bits per heavy atom. The van der Waals surface area contributed by atoms with Crippen molar-refractivity contribution in [3.63, 3.8) is 0 Å². The zero-order valence-corrected chi connectivity index (χ0v) is 18.3. The van der Waals surface area contributed by atoms with E-state index in [4.69, 9.17) is 9.84 Å². The average Bonchev–Trinajstić information content (AvgIpc) is 2.60. The SMILES string of the molecule is C=C(C)C(=O)OCCCCCC(C)C.CCC=C(CCCCCC)C(=O)O. The molecule has 0 atom stereocenters. The molecule has 27 heavy (non-hydrogen) atoms. The second kappa shape index (κ2) is 19.2. The summed E-state index contributed by atoms with van der Waals surface area (Å²) in [6, 6.07) is 0. The van der Waals surface area contributed by atoms with Gasteiger partial charge in [-0.25, -0.2) is 9.59 Å². The number of hydrogen-bond donors (Lipinski definition) is 1. The number of carboxylic acids is 1. The number of allylic oxidation sites excluding steroid dienone is 1. The van der Waals surface area contributed by atoms with Crippen LogP contribution in [0.15, 0.2) is 23.8 Å². The third kappa shape index (κ3) is 20.6. The standard InChI is InChI=1S/C12H22O2.C11H20O2/c1-10(2)8-6-5-7-9-14-12(13)11(3)4;1-3-5-6-7-9-10(8-4-2)11(12)13/h10H,3,5-9H2,1-2,4H3;8H,3-7,9H2,1-2H3,(H,12,13). The molecule has 4 heteroatoms. The monoisotopic (exact) mass is 382 g/mol. The van der Waals surface area contributed by atoms with Gasteiger partial charge in [-0.05, 0) is 38.5 Å². The lowest BCUT2D eigenvalue weighted by Crippen LogP contribution is -2.06. The van der Waals surface area contributed by atoms with Crippen molar-refractivity contribution in [2.24, 2.45) is 5.92 Å². The molecule has 0 aromatic rings. The smallest absolute Gasteiger partial charge is 0.333 e. The van der Waals surface area contributed by atoms with Gasteiger partial charge in [-0.15, -0.1) is 0 Å². The number of carboxylic acid groups (broad SMARTS) is 1. The molecule has 0 saturated carbocycles. The predicted octanol–water partition coefficient (Wildman–Crippen LogP) is 6.70. The second-order valence-corrected chi connectivity index (χ2v) is 7.41. The van der Waals surface area contributed by atoms with Gasteiger partial charge in [0.15, 0.2) is 0 Å². The van der Waals surface area contributed by atoms with Gasteiger partial charge in [-0.2, -0.15) is 0 Å². The molecule has 0 radical (unpaired) electrons. The van der Waals surface area contributed by atoms with Crippen molar-refractivity contribution in [2.75, 3.05) is 6.61 Å². The molecule has 0 aliphatic rings. The first kappa shape index (κ1) is 27.6. The van der Waals surface area contributed by atoms with Gasteiger partial charge in [0.1, 0.15) is 0 Å². The highest BCUT2D eigenvalue weighted by Gasteiger charge is 2.05. The largest absolute Gasteiger partial charge is 0.478 e. The Labute approximate surface area is 167 Å². The Balaban J connectivity index is 0. The molecule has 0 fully saturated rings. The van der Waals surface area contributed by atoms with Crippen LogP contribution in [0.25, 0.3) is 0 Å². The van der Waals surface area contributed by atoms with Crippen LogP contribution < -0.4 is 0 Å². The first-order valence-electron chi connectivity index (χ1n) is 10.5. The van der Waals surface area contributed by atoms with Crippen molar-refractivity contribution in [1.29, 1.82) is 0 Å². The number of hydrogen-bond acceptors (Lipinski definition) is 3. The highest BCUT2D eigenvalue weighted by atomic mass is 16.5. The Kier molecular flexibility index (Phi) is 19.6. The van der Waals surface area contributed by atoms with E-state index in [1.165, 1.54) is 25.7 Å². The van der Waals surface area contributed by atoms with Crippen LogP contribution in [0, 0.1) is 5.92 Å². The molecule has 4 nitrogen and oxygen atoms in total. The van der Waals surface area contributed by atoms with Gasteiger partial charge in [-0.3, -0.25) is 0 Å². The lowest BCUT2D eigenvalue weighted by molar-refractivity contribution is -0.139. The lowest BCUT2D eigenvalue weighted by atomic mass is 10.1. The minimum atomic E-state index is -0.752. The summed E-state index contributed by atoms with van der Waals surface area (Å²) < 4.78 is 4.97. The summed E-state index contributed by atoms with van der Waals surface area (Å²) in [6.07, 6.45) is 12.5. The molecule has 0 amide bonds. The van der Waals surface area contributed by atoms with Crippen LogP contribution in [0.1, 0.15) is 98.8 Å². The molecule has 0 bridgehead atoms. The molecule has 0 aliphatic heterocycles. The van der Waals surface area contributed by atoms with Crippen LogP contribution in [0.5, 0.6) is 0 Å². The van der Waals surface area contributed by atoms with Crippen LogP contribution in [-0.2, 0) is 14.3 Å². The summed E-state index contributed by atoms with van der Waals surface area (Å²) in [4.78, 5) is 21.6. The second-order valence-electron chi connectivity index (χ2n) is 7.41. The highest BCUT2D eigenvalue weighted by molar-refractivity contribution is 5.87. The number of aliphatic carboxylic acids is 1. The van der Waals surface area contributed by atoms with Crippen LogP contribution in [0.4, 0.5) is 0 Å². The molecular formula is C23H42O4. The van der Waals surface area contributed by atoms with E-state index < -0.39 is 5.97 Å². The van der Waals surface area contributed by atoms with E-state index in [0.29, 0.717) is 17.8 Å². The van der Waals surface area contributed by atoms with Crippen molar-refractivity contribution in [3.05, 3.63) is 23.8 Å². The third-order valence-corrected chi connectivity index (χ3v) is 4.03. The zero-order chi connectivity index (χ0) is 21.1. The number of carbonyl (C=O) groups excluding carboxylic acids is 1. The van der Waals surface area contributed by atoms with Crippen LogP contribution in [0.3, 0.4) is 0 Å². The molecule has 0 aliphatic carbocycles. The Morgan fingerprint density at radius 3 is 2.15 bits per heavy atom. The summed E-state index contributed by atoms with van der Waals surface area (Å²) in [5.74, 6) is -0.250. The molecule has 0 rings (SSSR count). The molecule has 0 unspecified atom stereocenters. The summed E-state index contributed by atoms with van der Waals surface area (Å²) in [7, 11) is 0. The fourth-order valence-electron chi connectivity index (χ4n) is 2.40. The van der Waals surface area contributed by atoms with Gasteiger partial charge in [-0.1, -0.05) is 78.9 Å². The van der Waals surface area contributed by atoms with Crippen molar-refractivity contribution in [3.8, 4) is 0 Å². The molecular weight excluding hydrogens is 340 g/mol. The Bertz CT molecular complexity index is 436. The quantitative estimate of drug-likeness (QED) is 0.206. The van der Waals surface area contributed by atoms with Crippen molar-refractivity contribution in [1.82, 2.24) is 0 Å². The minimum Gasteiger partial charge on any atom is -0.478 e. The minimum absolute atomic E-state index is 0.270. The topological polar surface area (TPSA) is 63.6 Å². The van der Waals surface area contributed by atoms with E-state index in [0.717, 1.165) is 44.4 Å². The summed E-state index contributed by atoms with van der Waals surface area (Å²) in [6.45, 7) is 14.3. The molecule has 0 heterocycles. The van der Waals surface area contributed by atoms with Crippen LogP contribution >= 0.6 is 0 Å². The molecule has 0 spiro atoms. The van der Waals surface area contributed by atoms with Gasteiger partial charge in [0.2, 0.25) is 0 Å². The van der Waals surface area contributed by atoms with E-state index in [-0.39, 0.29) is 5.97 Å². The van der Waals surface area contributed by atoms with Crippen LogP contribution in [-0.4, -0.2) is 23.7 Å². The van der Waals surface area contributed by atoms with E-state index in [2.05, 4.69) is 27.4 Å². The van der Waals surface area contributed by atoms with Crippen molar-refractivity contribution in [2.45, 2.75) is 98.8 Å². The average molecular weight is 383 g/mol. The number of rotatable bonds is 14. The van der Waals surface area contributed by atoms with Crippen LogP contribution in [0.2, 0.25) is 0 Å². The first-order valence-corrected chi connectivity index (χ1v) is 10.5. The van der Waals surface area contributed by atoms with Gasteiger partial charge in [0, 0.05) is 11.1 Å². The van der Waals surface area contributed by atoms with Crippen molar-refractivity contribution >= 4 is 11.9 Å². The maximum atomic E-state index is 11.0. The summed E-state index contributed by atoms with van der Waals surface area (Å²) >= 11 is 0. The van der Waals surface area contributed by atoms with Gasteiger partial charge in [0.25, 0.3) is 0 Å². The van der Waals surface area contributed by atoms with Gasteiger partial charge >= 0.3 is 11.9 Å². The van der Waals surface area contributed by atoms with E-state index in [1.54, 1.807) is 6.92 Å². The fraction of sp³-hybridized carbons (Fsp3) is 0.739. The molecule has 0 saturated heterocycles. The van der Waals surface area contributed by atoms with E-state index in [1.807, 2.05) is 13.0 Å². The normalized spacial score (nSPS) is 11.0. The number of unbranched alkanes of at least 4 members (excludes halogenated alkanes) is 5. The number of ether oxygens (including phenoxy) is 1. The molecule has 0 aromatic carbocycles. The zero-order valence-electron chi connectivity index (χ0n) is 18.3. The van der Waals surface area contributed by atoms with Gasteiger partial charge < -0.3 is 9.84 Å². The predicted molar refractivity (Wildman–Crippen MR) is 114 cm³/mol. The summed E-state index contributed by atoms with van der Waals surface area (Å²) in [5, 5.41) is 8.79. The number of esters is 1. The third-order valence-electron chi connectivity index (χ3n) is 4.03. The molecule has 0 aromatic heterocycles. The fourth-order valence-corrected chi connectivity index (χ4v) is 2.40.